The average molecular weight is 380 g/mol. The minimum atomic E-state index is -4.82. The van der Waals surface area contributed by atoms with Gasteiger partial charge in [0.15, 0.2) is 0 Å². The van der Waals surface area contributed by atoms with Gasteiger partial charge in [0.2, 0.25) is 0 Å². The zero-order chi connectivity index (χ0) is 18.2. The van der Waals surface area contributed by atoms with Crippen LogP contribution in [0.2, 0.25) is 0 Å². The Morgan fingerprint density at radius 2 is 2.16 bits per heavy atom. The van der Waals surface area contributed by atoms with Gasteiger partial charge in [-0.05, 0) is 19.3 Å². The zero-order valence-corrected chi connectivity index (χ0v) is 14.0. The van der Waals surface area contributed by atoms with E-state index >= 15 is 0 Å². The number of nitrogens with one attached hydrogen (secondary N) is 2. The van der Waals surface area contributed by atoms with Crippen LogP contribution in [-0.2, 0) is 24.3 Å². The lowest BCUT2D eigenvalue weighted by atomic mass is 10.0. The quantitative estimate of drug-likeness (QED) is 0.295. The summed E-state index contributed by atoms with van der Waals surface area (Å²) in [5.41, 5.74) is 2.28. The van der Waals surface area contributed by atoms with Gasteiger partial charge in [-0.1, -0.05) is 0 Å². The van der Waals surface area contributed by atoms with Gasteiger partial charge < -0.3 is 15.3 Å². The van der Waals surface area contributed by atoms with Gasteiger partial charge in [-0.3, -0.25) is 14.2 Å². The maximum Gasteiger partial charge on any atom is 0.418 e. The Morgan fingerprint density at radius 3 is 2.80 bits per heavy atom. The molecule has 3 amide bonds. The lowest BCUT2D eigenvalue weighted by Crippen LogP contribution is -2.50. The van der Waals surface area contributed by atoms with Crippen molar-refractivity contribution in [3.8, 4) is 0 Å². The van der Waals surface area contributed by atoms with Crippen LogP contribution in [-0.4, -0.2) is 83.9 Å². The Hall–Kier alpha value is -1.51. The van der Waals surface area contributed by atoms with Crippen LogP contribution < -0.4 is 10.8 Å². The van der Waals surface area contributed by atoms with Gasteiger partial charge in [-0.15, -0.1) is 4.28 Å². The van der Waals surface area contributed by atoms with E-state index in [-0.39, 0.29) is 19.2 Å². The number of aliphatic hydroxyl groups excluding tert-OH is 1. The van der Waals surface area contributed by atoms with E-state index < -0.39 is 40.5 Å². The predicted octanol–water partition coefficient (Wildman–Crippen LogP) is -2.24. The third-order valence-electron chi connectivity index (χ3n) is 4.46. The molecule has 3 heterocycles. The molecule has 0 unspecified atom stereocenters. The highest BCUT2D eigenvalue weighted by Gasteiger charge is 2.49. The Kier molecular flexibility index (Phi) is 5.13. The van der Waals surface area contributed by atoms with Gasteiger partial charge in [0.25, 0.3) is 5.91 Å². The SMILES string of the molecule is O=C(NOC[C@@H]1C[C@@H](O)CN1)[C@@H]1CC[C@@H]2CN1C(=O)N2OS(=O)(=O)O. The van der Waals surface area contributed by atoms with E-state index in [1.54, 1.807) is 0 Å². The summed E-state index contributed by atoms with van der Waals surface area (Å²) in [7, 11) is -4.82. The molecule has 0 aliphatic carbocycles. The van der Waals surface area contributed by atoms with Crippen molar-refractivity contribution < 1.29 is 36.8 Å². The molecule has 0 spiro atoms. The fourth-order valence-corrected chi connectivity index (χ4v) is 3.70. The molecule has 0 radical (unpaired) electrons. The summed E-state index contributed by atoms with van der Waals surface area (Å²) in [6, 6.07) is -2.25. The van der Waals surface area contributed by atoms with Crippen molar-refractivity contribution in [1.29, 1.82) is 0 Å². The van der Waals surface area contributed by atoms with Crippen molar-refractivity contribution >= 4 is 22.3 Å². The van der Waals surface area contributed by atoms with E-state index in [0.717, 1.165) is 0 Å². The molecular formula is C12H20N4O8S. The molecule has 3 fully saturated rings. The summed E-state index contributed by atoms with van der Waals surface area (Å²) in [5, 5.41) is 13.0. The van der Waals surface area contributed by atoms with Crippen molar-refractivity contribution in [3.05, 3.63) is 0 Å². The van der Waals surface area contributed by atoms with Gasteiger partial charge >= 0.3 is 16.4 Å². The maximum atomic E-state index is 12.2. The normalized spacial score (nSPS) is 32.3. The fourth-order valence-electron chi connectivity index (χ4n) is 3.31. The Balaban J connectivity index is 1.52. The largest absolute Gasteiger partial charge is 0.418 e. The lowest BCUT2D eigenvalue weighted by molar-refractivity contribution is -0.139. The summed E-state index contributed by atoms with van der Waals surface area (Å²) in [5.74, 6) is -0.529. The summed E-state index contributed by atoms with van der Waals surface area (Å²) in [6.45, 7) is 0.755. The Morgan fingerprint density at radius 1 is 1.40 bits per heavy atom. The molecule has 4 atom stereocenters. The minimum Gasteiger partial charge on any atom is -0.392 e. The second-order valence-corrected chi connectivity index (χ2v) is 7.29. The number of carbonyl (C=O) groups is 2. The number of urea groups is 1. The molecule has 13 heteroatoms. The highest BCUT2D eigenvalue weighted by atomic mass is 32.3. The number of β-amino-alcohol motifs (C(OH)–C–C–N with tert-alkyl or cyclic N) is 1. The van der Waals surface area contributed by atoms with Crippen LogP contribution in [0.5, 0.6) is 0 Å². The van der Waals surface area contributed by atoms with Crippen LogP contribution in [0.15, 0.2) is 0 Å². The average Bonchev–Trinajstić information content (AvgIpc) is 3.04. The standard InChI is InChI=1S/C12H20N4O8S/c17-9-3-7(13-4-9)6-23-14-11(18)10-2-1-8-5-15(10)12(19)16(8)24-25(20,21)22/h7-10,13,17H,1-6H2,(H,14,18)(H,20,21,22)/t7-,8+,9+,10-/m0/s1. The number of hydrogen-bond acceptors (Lipinski definition) is 8. The first-order chi connectivity index (χ1) is 11.7. The number of amides is 3. The Labute approximate surface area is 143 Å². The van der Waals surface area contributed by atoms with Crippen LogP contribution in [0.3, 0.4) is 0 Å². The topological polar surface area (TPSA) is 158 Å². The van der Waals surface area contributed by atoms with E-state index in [1.807, 2.05) is 0 Å². The number of carbonyl (C=O) groups excluding carboxylic acids is 2. The number of fused-ring (bicyclic) bond motifs is 2. The van der Waals surface area contributed by atoms with Gasteiger partial charge in [-0.25, -0.2) is 10.3 Å². The number of piperidine rings is 1. The second kappa shape index (κ2) is 7.01. The lowest BCUT2D eigenvalue weighted by Gasteiger charge is -2.29. The van der Waals surface area contributed by atoms with Crippen LogP contribution in [0.4, 0.5) is 4.79 Å². The van der Waals surface area contributed by atoms with Gasteiger partial charge in [0.1, 0.15) is 6.04 Å². The van der Waals surface area contributed by atoms with Crippen molar-refractivity contribution in [3.63, 3.8) is 0 Å². The molecule has 2 bridgehead atoms. The monoisotopic (exact) mass is 380 g/mol. The van der Waals surface area contributed by atoms with Crippen LogP contribution in [0.1, 0.15) is 19.3 Å². The van der Waals surface area contributed by atoms with E-state index in [4.69, 9.17) is 9.39 Å². The molecule has 3 aliphatic rings. The summed E-state index contributed by atoms with van der Waals surface area (Å²) in [4.78, 5) is 30.7. The van der Waals surface area contributed by atoms with Crippen LogP contribution in [0, 0.1) is 0 Å². The number of aliphatic hydroxyl groups is 1. The van der Waals surface area contributed by atoms with Crippen molar-refractivity contribution in [2.45, 2.75) is 43.5 Å². The molecule has 25 heavy (non-hydrogen) atoms. The number of nitrogens with zero attached hydrogens (tertiary/aromatic N) is 2. The Bertz CT molecular complexity index is 643. The number of hydrogen-bond donors (Lipinski definition) is 4. The molecule has 0 aromatic rings. The molecule has 4 N–H and O–H groups in total. The number of hydroxylamine groups is 3. The van der Waals surface area contributed by atoms with Gasteiger partial charge in [0.05, 0.1) is 18.8 Å². The van der Waals surface area contributed by atoms with Crippen molar-refractivity contribution in [1.82, 2.24) is 20.8 Å². The molecule has 142 valence electrons. The van der Waals surface area contributed by atoms with Gasteiger partial charge in [-0.2, -0.15) is 13.5 Å². The molecule has 12 nitrogen and oxygen atoms in total. The van der Waals surface area contributed by atoms with E-state index in [0.29, 0.717) is 30.9 Å². The summed E-state index contributed by atoms with van der Waals surface area (Å²) < 4.78 is 34.7. The van der Waals surface area contributed by atoms with Crippen LogP contribution in [0.25, 0.3) is 0 Å². The predicted molar refractivity (Wildman–Crippen MR) is 79.9 cm³/mol. The highest BCUT2D eigenvalue weighted by Crippen LogP contribution is 2.30. The van der Waals surface area contributed by atoms with E-state index in [9.17, 15) is 23.1 Å². The van der Waals surface area contributed by atoms with E-state index in [1.165, 1.54) is 4.90 Å². The smallest absolute Gasteiger partial charge is 0.392 e. The zero-order valence-electron chi connectivity index (χ0n) is 13.2. The molecule has 3 aliphatic heterocycles. The van der Waals surface area contributed by atoms with Gasteiger partial charge in [0, 0.05) is 19.1 Å². The second-order valence-electron chi connectivity index (χ2n) is 6.28. The van der Waals surface area contributed by atoms with Crippen molar-refractivity contribution in [2.75, 3.05) is 19.7 Å². The fraction of sp³-hybridized carbons (Fsp3) is 0.833. The molecule has 0 aromatic heterocycles. The van der Waals surface area contributed by atoms with Crippen LogP contribution >= 0.6 is 0 Å². The van der Waals surface area contributed by atoms with Crippen molar-refractivity contribution in [2.24, 2.45) is 0 Å². The molecular weight excluding hydrogens is 360 g/mol. The first-order valence-electron chi connectivity index (χ1n) is 7.84. The molecule has 3 rings (SSSR count). The minimum absolute atomic E-state index is 0.0712. The van der Waals surface area contributed by atoms with E-state index in [2.05, 4.69) is 15.1 Å². The summed E-state index contributed by atoms with van der Waals surface area (Å²) in [6.07, 6.45) is 0.729. The highest BCUT2D eigenvalue weighted by molar-refractivity contribution is 7.80. The third kappa shape index (κ3) is 4.19. The number of rotatable bonds is 6. The molecule has 0 saturated carbocycles. The first-order valence-corrected chi connectivity index (χ1v) is 9.21. The third-order valence-corrected chi connectivity index (χ3v) is 4.81. The summed E-state index contributed by atoms with van der Waals surface area (Å²) >= 11 is 0. The maximum absolute atomic E-state index is 12.2. The first kappa shape index (κ1) is 18.3. The molecule has 0 aromatic carbocycles. The molecule has 3 saturated heterocycles.